The summed E-state index contributed by atoms with van der Waals surface area (Å²) in [6, 6.07) is 2.07. The highest BCUT2D eigenvalue weighted by Gasteiger charge is 2.29. The SMILES string of the molecule is CCCNc1nc(NCC2(C)CCCO2)c2ccsc2n1. The number of rotatable bonds is 6. The summed E-state index contributed by atoms with van der Waals surface area (Å²) in [5, 5.41) is 9.88. The molecular formula is C15H22N4OS. The number of nitrogens with one attached hydrogen (secondary N) is 2. The van der Waals surface area contributed by atoms with Crippen LogP contribution in [0.3, 0.4) is 0 Å². The van der Waals surface area contributed by atoms with Crippen molar-refractivity contribution in [2.75, 3.05) is 30.3 Å². The Kier molecular flexibility index (Phi) is 4.26. The summed E-state index contributed by atoms with van der Waals surface area (Å²) in [5.41, 5.74) is -0.0791. The minimum atomic E-state index is -0.0791. The zero-order valence-corrected chi connectivity index (χ0v) is 13.4. The van der Waals surface area contributed by atoms with Crippen LogP contribution in [0.25, 0.3) is 10.2 Å². The molecule has 0 saturated carbocycles. The van der Waals surface area contributed by atoms with E-state index in [4.69, 9.17) is 4.74 Å². The average molecular weight is 306 g/mol. The minimum Gasteiger partial charge on any atom is -0.373 e. The van der Waals surface area contributed by atoms with E-state index in [0.717, 1.165) is 55.0 Å². The second-order valence-corrected chi connectivity index (χ2v) is 6.61. The van der Waals surface area contributed by atoms with E-state index in [-0.39, 0.29) is 5.60 Å². The maximum atomic E-state index is 5.83. The molecule has 1 aliphatic heterocycles. The summed E-state index contributed by atoms with van der Waals surface area (Å²) in [4.78, 5) is 10.2. The fraction of sp³-hybridized carbons (Fsp3) is 0.600. The molecule has 3 rings (SSSR count). The standard InChI is InChI=1S/C15H22N4OS/c1-3-7-16-14-18-12(11-5-9-21-13(11)19-14)17-10-15(2)6-4-8-20-15/h5,9H,3-4,6-8,10H2,1-2H3,(H2,16,17,18,19). The molecule has 0 aromatic carbocycles. The second-order valence-electron chi connectivity index (χ2n) is 5.72. The van der Waals surface area contributed by atoms with Gasteiger partial charge in [-0.15, -0.1) is 11.3 Å². The van der Waals surface area contributed by atoms with Gasteiger partial charge >= 0.3 is 0 Å². The first kappa shape index (κ1) is 14.5. The van der Waals surface area contributed by atoms with Crippen molar-refractivity contribution in [3.63, 3.8) is 0 Å². The lowest BCUT2D eigenvalue weighted by molar-refractivity contribution is 0.0315. The predicted octanol–water partition coefficient (Wildman–Crippen LogP) is 3.49. The third kappa shape index (κ3) is 3.27. The molecule has 2 N–H and O–H groups in total. The fourth-order valence-corrected chi connectivity index (χ4v) is 3.32. The lowest BCUT2D eigenvalue weighted by atomic mass is 10.0. The molecule has 0 bridgehead atoms. The maximum absolute atomic E-state index is 5.83. The van der Waals surface area contributed by atoms with Gasteiger partial charge in [0.15, 0.2) is 0 Å². The molecule has 0 amide bonds. The molecule has 6 heteroatoms. The predicted molar refractivity (Wildman–Crippen MR) is 88.3 cm³/mol. The van der Waals surface area contributed by atoms with Crippen molar-refractivity contribution in [1.82, 2.24) is 9.97 Å². The van der Waals surface area contributed by atoms with Crippen molar-refractivity contribution in [3.05, 3.63) is 11.4 Å². The summed E-state index contributed by atoms with van der Waals surface area (Å²) in [5.74, 6) is 1.60. The lowest BCUT2D eigenvalue weighted by Crippen LogP contribution is -2.32. The first-order valence-corrected chi connectivity index (χ1v) is 8.45. The van der Waals surface area contributed by atoms with E-state index >= 15 is 0 Å². The van der Waals surface area contributed by atoms with Crippen molar-refractivity contribution in [1.29, 1.82) is 0 Å². The molecule has 1 unspecified atom stereocenters. The third-order valence-corrected chi connectivity index (χ3v) is 4.60. The van der Waals surface area contributed by atoms with Crippen LogP contribution in [-0.2, 0) is 4.74 Å². The molecule has 21 heavy (non-hydrogen) atoms. The normalized spacial score (nSPS) is 21.8. The van der Waals surface area contributed by atoms with Gasteiger partial charge in [-0.25, -0.2) is 4.98 Å². The van der Waals surface area contributed by atoms with Crippen molar-refractivity contribution in [2.24, 2.45) is 0 Å². The lowest BCUT2D eigenvalue weighted by Gasteiger charge is -2.24. The van der Waals surface area contributed by atoms with Gasteiger partial charge in [-0.2, -0.15) is 4.98 Å². The number of aromatic nitrogens is 2. The Morgan fingerprint density at radius 2 is 2.29 bits per heavy atom. The van der Waals surface area contributed by atoms with Crippen LogP contribution in [0.1, 0.15) is 33.1 Å². The summed E-state index contributed by atoms with van der Waals surface area (Å²) >= 11 is 1.64. The van der Waals surface area contributed by atoms with Gasteiger partial charge in [0.2, 0.25) is 5.95 Å². The van der Waals surface area contributed by atoms with Gasteiger partial charge in [-0.3, -0.25) is 0 Å². The number of anilines is 2. The van der Waals surface area contributed by atoms with Gasteiger partial charge in [0.05, 0.1) is 11.0 Å². The Morgan fingerprint density at radius 3 is 3.05 bits per heavy atom. The van der Waals surface area contributed by atoms with E-state index in [1.165, 1.54) is 0 Å². The average Bonchev–Trinajstić information content (AvgIpc) is 3.12. The van der Waals surface area contributed by atoms with Gasteiger partial charge in [-0.1, -0.05) is 6.92 Å². The molecule has 2 aromatic rings. The number of thiophene rings is 1. The third-order valence-electron chi connectivity index (χ3n) is 3.79. The minimum absolute atomic E-state index is 0.0791. The zero-order valence-electron chi connectivity index (χ0n) is 12.6. The van der Waals surface area contributed by atoms with Crippen LogP contribution in [0.2, 0.25) is 0 Å². The Hall–Kier alpha value is -1.40. The van der Waals surface area contributed by atoms with E-state index < -0.39 is 0 Å². The highest BCUT2D eigenvalue weighted by molar-refractivity contribution is 7.16. The first-order chi connectivity index (χ1) is 10.2. The summed E-state index contributed by atoms with van der Waals surface area (Å²) in [7, 11) is 0. The molecule has 3 heterocycles. The number of fused-ring (bicyclic) bond motifs is 1. The summed E-state index contributed by atoms with van der Waals surface area (Å²) < 4.78 is 5.83. The van der Waals surface area contributed by atoms with E-state index in [0.29, 0.717) is 5.95 Å². The summed E-state index contributed by atoms with van der Waals surface area (Å²) in [6.45, 7) is 6.82. The van der Waals surface area contributed by atoms with Crippen LogP contribution >= 0.6 is 11.3 Å². The monoisotopic (exact) mass is 306 g/mol. The van der Waals surface area contributed by atoms with Crippen molar-refractivity contribution >= 4 is 33.3 Å². The number of hydrogen-bond acceptors (Lipinski definition) is 6. The summed E-state index contributed by atoms with van der Waals surface area (Å²) in [6.07, 6.45) is 3.29. The van der Waals surface area contributed by atoms with Crippen LogP contribution in [-0.4, -0.2) is 35.3 Å². The Bertz CT molecular complexity index is 607. The Morgan fingerprint density at radius 1 is 1.38 bits per heavy atom. The highest BCUT2D eigenvalue weighted by atomic mass is 32.1. The van der Waals surface area contributed by atoms with E-state index in [9.17, 15) is 0 Å². The molecule has 5 nitrogen and oxygen atoms in total. The molecular weight excluding hydrogens is 284 g/mol. The smallest absolute Gasteiger partial charge is 0.226 e. The van der Waals surface area contributed by atoms with E-state index in [2.05, 4.69) is 45.9 Å². The second kappa shape index (κ2) is 6.15. The number of nitrogens with zero attached hydrogens (tertiary/aromatic N) is 2. The maximum Gasteiger partial charge on any atom is 0.226 e. The topological polar surface area (TPSA) is 59.1 Å². The van der Waals surface area contributed by atoms with Crippen molar-refractivity contribution < 1.29 is 4.74 Å². The van der Waals surface area contributed by atoms with Crippen LogP contribution in [0, 0.1) is 0 Å². The van der Waals surface area contributed by atoms with Crippen LogP contribution in [0.4, 0.5) is 11.8 Å². The van der Waals surface area contributed by atoms with Gasteiger partial charge in [0.25, 0.3) is 0 Å². The molecule has 0 aliphatic carbocycles. The van der Waals surface area contributed by atoms with Crippen LogP contribution in [0.5, 0.6) is 0 Å². The van der Waals surface area contributed by atoms with Crippen molar-refractivity contribution in [2.45, 2.75) is 38.7 Å². The van der Waals surface area contributed by atoms with Gasteiger partial charge in [-0.05, 0) is 37.6 Å². The first-order valence-electron chi connectivity index (χ1n) is 7.57. The van der Waals surface area contributed by atoms with Gasteiger partial charge in [0, 0.05) is 19.7 Å². The van der Waals surface area contributed by atoms with Crippen LogP contribution < -0.4 is 10.6 Å². The molecule has 2 aromatic heterocycles. The molecule has 0 radical (unpaired) electrons. The van der Waals surface area contributed by atoms with Gasteiger partial charge in [0.1, 0.15) is 10.6 Å². The fourth-order valence-electron chi connectivity index (χ4n) is 2.55. The molecule has 1 atom stereocenters. The zero-order chi connectivity index (χ0) is 14.7. The number of hydrogen-bond donors (Lipinski definition) is 2. The Balaban J connectivity index is 1.80. The largest absolute Gasteiger partial charge is 0.373 e. The van der Waals surface area contributed by atoms with E-state index in [1.54, 1.807) is 11.3 Å². The Labute approximate surface area is 129 Å². The molecule has 114 valence electrons. The quantitative estimate of drug-likeness (QED) is 0.855. The van der Waals surface area contributed by atoms with Crippen molar-refractivity contribution in [3.8, 4) is 0 Å². The van der Waals surface area contributed by atoms with E-state index in [1.807, 2.05) is 0 Å². The molecule has 0 spiro atoms. The molecule has 1 aliphatic rings. The molecule has 1 fully saturated rings. The highest BCUT2D eigenvalue weighted by Crippen LogP contribution is 2.29. The molecule has 1 saturated heterocycles. The number of ether oxygens (including phenoxy) is 1. The van der Waals surface area contributed by atoms with Gasteiger partial charge < -0.3 is 15.4 Å². The van der Waals surface area contributed by atoms with Crippen LogP contribution in [0.15, 0.2) is 11.4 Å².